The molecule has 1 aliphatic heterocycles. The second kappa shape index (κ2) is 8.64. The summed E-state index contributed by atoms with van der Waals surface area (Å²) in [5.41, 5.74) is 1.08. The third-order valence-electron chi connectivity index (χ3n) is 4.38. The van der Waals surface area contributed by atoms with Crippen LogP contribution in [0.25, 0.3) is 0 Å². The third-order valence-corrected chi connectivity index (χ3v) is 5.96. The Morgan fingerprint density at radius 2 is 2.08 bits per heavy atom. The Kier molecular flexibility index (Phi) is 6.80. The van der Waals surface area contributed by atoms with Crippen LogP contribution in [0.3, 0.4) is 0 Å². The second-order valence-electron chi connectivity index (χ2n) is 6.33. The third kappa shape index (κ3) is 5.69. The van der Waals surface area contributed by atoms with Gasteiger partial charge in [0.25, 0.3) is 10.2 Å². The molecule has 0 saturated carbocycles. The Morgan fingerprint density at radius 3 is 2.64 bits per heavy atom. The summed E-state index contributed by atoms with van der Waals surface area (Å²) < 4.78 is 34.6. The lowest BCUT2D eigenvalue weighted by molar-refractivity contribution is -0.142. The van der Waals surface area contributed by atoms with Gasteiger partial charge in [-0.05, 0) is 43.9 Å². The first-order valence-corrected chi connectivity index (χ1v) is 9.96. The van der Waals surface area contributed by atoms with Gasteiger partial charge in [0, 0.05) is 19.6 Å². The summed E-state index contributed by atoms with van der Waals surface area (Å²) in [6, 6.07) is 7.63. The van der Waals surface area contributed by atoms with Gasteiger partial charge in [0.05, 0.1) is 5.92 Å². The quantitative estimate of drug-likeness (QED) is 0.727. The van der Waals surface area contributed by atoms with Crippen LogP contribution in [0, 0.1) is 12.8 Å². The summed E-state index contributed by atoms with van der Waals surface area (Å²) >= 11 is 0. The zero-order valence-corrected chi connectivity index (χ0v) is 15.5. The van der Waals surface area contributed by atoms with Crippen LogP contribution in [0.5, 0.6) is 5.75 Å². The summed E-state index contributed by atoms with van der Waals surface area (Å²) in [5, 5.41) is 8.99. The van der Waals surface area contributed by atoms with Gasteiger partial charge < -0.3 is 9.84 Å². The lowest BCUT2D eigenvalue weighted by Crippen LogP contribution is -2.48. The van der Waals surface area contributed by atoms with Gasteiger partial charge in [0.2, 0.25) is 0 Å². The zero-order chi connectivity index (χ0) is 18.4. The van der Waals surface area contributed by atoms with Crippen LogP contribution in [-0.2, 0) is 15.0 Å². The molecular formula is C17H26N2O5S. The van der Waals surface area contributed by atoms with Crippen molar-refractivity contribution >= 4 is 16.2 Å². The molecule has 1 aliphatic rings. The second-order valence-corrected chi connectivity index (χ2v) is 8.08. The van der Waals surface area contributed by atoms with E-state index in [4.69, 9.17) is 9.84 Å². The molecule has 0 bridgehead atoms. The number of piperidine rings is 1. The Morgan fingerprint density at radius 1 is 1.40 bits per heavy atom. The predicted octanol–water partition coefficient (Wildman–Crippen LogP) is 1.78. The van der Waals surface area contributed by atoms with Crippen molar-refractivity contribution in [2.24, 2.45) is 5.92 Å². The molecule has 0 spiro atoms. The Labute approximate surface area is 149 Å². The van der Waals surface area contributed by atoms with E-state index in [1.807, 2.05) is 38.1 Å². The van der Waals surface area contributed by atoms with Crippen molar-refractivity contribution in [1.29, 1.82) is 0 Å². The summed E-state index contributed by atoms with van der Waals surface area (Å²) in [4.78, 5) is 11.0. The largest absolute Gasteiger partial charge is 0.489 e. The van der Waals surface area contributed by atoms with Crippen LogP contribution >= 0.6 is 0 Å². The molecule has 1 aromatic carbocycles. The number of carboxylic acids is 1. The van der Waals surface area contributed by atoms with Crippen LogP contribution in [0.4, 0.5) is 0 Å². The smallest absolute Gasteiger partial charge is 0.306 e. The van der Waals surface area contributed by atoms with E-state index >= 15 is 0 Å². The van der Waals surface area contributed by atoms with Gasteiger partial charge in [-0.1, -0.05) is 19.1 Å². The molecule has 2 rings (SSSR count). The van der Waals surface area contributed by atoms with Crippen LogP contribution in [0.2, 0.25) is 0 Å². The fraction of sp³-hybridized carbons (Fsp3) is 0.588. The molecule has 0 amide bonds. The molecule has 7 nitrogen and oxygen atoms in total. The molecule has 1 aromatic rings. The number of aliphatic carboxylic acids is 1. The number of hydrogen-bond acceptors (Lipinski definition) is 4. The maximum atomic E-state index is 12.4. The number of ether oxygens (including phenoxy) is 1. The molecule has 1 fully saturated rings. The van der Waals surface area contributed by atoms with Gasteiger partial charge >= 0.3 is 5.97 Å². The Balaban J connectivity index is 1.88. The number of nitrogens with zero attached hydrogens (tertiary/aromatic N) is 1. The van der Waals surface area contributed by atoms with Gasteiger partial charge in [-0.2, -0.15) is 17.4 Å². The molecule has 0 aromatic heterocycles. The molecule has 0 radical (unpaired) electrons. The molecule has 8 heteroatoms. The van der Waals surface area contributed by atoms with E-state index in [1.165, 1.54) is 4.31 Å². The van der Waals surface area contributed by atoms with Crippen molar-refractivity contribution in [3.05, 3.63) is 29.8 Å². The van der Waals surface area contributed by atoms with E-state index in [1.54, 1.807) is 0 Å². The average Bonchev–Trinajstić information content (AvgIpc) is 2.58. The molecule has 1 unspecified atom stereocenters. The highest BCUT2D eigenvalue weighted by Crippen LogP contribution is 2.19. The maximum Gasteiger partial charge on any atom is 0.306 e. The van der Waals surface area contributed by atoms with Gasteiger partial charge in [0.1, 0.15) is 11.9 Å². The van der Waals surface area contributed by atoms with Crippen LogP contribution in [-0.4, -0.2) is 49.5 Å². The minimum atomic E-state index is -3.63. The molecule has 140 valence electrons. The number of nitrogens with one attached hydrogen (secondary N) is 1. The number of rotatable bonds is 8. The highest BCUT2D eigenvalue weighted by Gasteiger charge is 2.31. The Hall–Kier alpha value is -1.64. The van der Waals surface area contributed by atoms with E-state index in [2.05, 4.69) is 4.72 Å². The molecule has 1 saturated heterocycles. The molecule has 2 N–H and O–H groups in total. The zero-order valence-electron chi connectivity index (χ0n) is 14.6. The van der Waals surface area contributed by atoms with Gasteiger partial charge in [-0.25, -0.2) is 0 Å². The fourth-order valence-electron chi connectivity index (χ4n) is 2.78. The van der Waals surface area contributed by atoms with Crippen molar-refractivity contribution in [3.63, 3.8) is 0 Å². The predicted molar refractivity (Wildman–Crippen MR) is 94.7 cm³/mol. The van der Waals surface area contributed by atoms with Crippen molar-refractivity contribution in [2.45, 2.75) is 39.2 Å². The average molecular weight is 370 g/mol. The Bertz CT molecular complexity index is 684. The lowest BCUT2D eigenvalue weighted by atomic mass is 9.99. The molecule has 1 heterocycles. The highest BCUT2D eigenvalue weighted by atomic mass is 32.2. The fourth-order valence-corrected chi connectivity index (χ4v) is 4.05. The summed E-state index contributed by atoms with van der Waals surface area (Å²) in [5.74, 6) is -0.601. The summed E-state index contributed by atoms with van der Waals surface area (Å²) in [6.07, 6.45) is 1.08. The van der Waals surface area contributed by atoms with E-state index in [9.17, 15) is 13.2 Å². The molecular weight excluding hydrogens is 344 g/mol. The minimum absolute atomic E-state index is 0.172. The molecule has 1 atom stereocenters. The number of hydrogen-bond donors (Lipinski definition) is 2. The normalized spacial score (nSPS) is 18.0. The minimum Gasteiger partial charge on any atom is -0.489 e. The van der Waals surface area contributed by atoms with Crippen molar-refractivity contribution < 1.29 is 23.1 Å². The van der Waals surface area contributed by atoms with E-state index in [-0.39, 0.29) is 25.7 Å². The van der Waals surface area contributed by atoms with Crippen LogP contribution in [0.15, 0.2) is 24.3 Å². The summed E-state index contributed by atoms with van der Waals surface area (Å²) in [6.45, 7) is 4.53. The van der Waals surface area contributed by atoms with Gasteiger partial charge in [0.15, 0.2) is 0 Å². The van der Waals surface area contributed by atoms with Gasteiger partial charge in [-0.3, -0.25) is 4.79 Å². The first-order chi connectivity index (χ1) is 11.8. The molecule has 0 aliphatic carbocycles. The standard InChI is InChI=1S/C17H26N2O5S/c1-3-15(24-16-6-4-5-13(2)11-16)12-18-25(22,23)19-9-7-14(8-10-19)17(20)21/h4-6,11,14-15,18H,3,7-10,12H2,1-2H3,(H,20,21). The number of aryl methyl sites for hydroxylation is 1. The van der Waals surface area contributed by atoms with Crippen LogP contribution < -0.4 is 9.46 Å². The van der Waals surface area contributed by atoms with Gasteiger partial charge in [-0.15, -0.1) is 0 Å². The highest BCUT2D eigenvalue weighted by molar-refractivity contribution is 7.87. The first kappa shape index (κ1) is 19.7. The SMILES string of the molecule is CCC(CNS(=O)(=O)N1CCC(C(=O)O)CC1)Oc1cccc(C)c1. The van der Waals surface area contributed by atoms with Crippen molar-refractivity contribution in [2.75, 3.05) is 19.6 Å². The molecule has 25 heavy (non-hydrogen) atoms. The first-order valence-electron chi connectivity index (χ1n) is 8.52. The number of carboxylic acid groups (broad SMARTS) is 1. The lowest BCUT2D eigenvalue weighted by Gasteiger charge is -2.30. The number of benzene rings is 1. The van der Waals surface area contributed by atoms with E-state index < -0.39 is 22.1 Å². The van der Waals surface area contributed by atoms with E-state index in [0.717, 1.165) is 5.56 Å². The monoisotopic (exact) mass is 370 g/mol. The van der Waals surface area contributed by atoms with E-state index in [0.29, 0.717) is 25.0 Å². The number of carbonyl (C=O) groups is 1. The van der Waals surface area contributed by atoms with Crippen molar-refractivity contribution in [1.82, 2.24) is 9.03 Å². The van der Waals surface area contributed by atoms with Crippen molar-refractivity contribution in [3.8, 4) is 5.75 Å². The summed E-state index contributed by atoms with van der Waals surface area (Å²) in [7, 11) is -3.63. The maximum absolute atomic E-state index is 12.4. The topological polar surface area (TPSA) is 95.9 Å². The van der Waals surface area contributed by atoms with Crippen LogP contribution in [0.1, 0.15) is 31.7 Å².